The lowest BCUT2D eigenvalue weighted by Crippen LogP contribution is -2.46. The zero-order valence-corrected chi connectivity index (χ0v) is 17.1. The molecule has 0 aliphatic heterocycles. The van der Waals surface area contributed by atoms with Crippen molar-refractivity contribution in [3.8, 4) is 16.7 Å². The van der Waals surface area contributed by atoms with E-state index >= 15 is 0 Å². The highest BCUT2D eigenvalue weighted by atomic mass is 35.5. The third-order valence-electron chi connectivity index (χ3n) is 3.70. The van der Waals surface area contributed by atoms with Crippen LogP contribution in [0.2, 0.25) is 0 Å². The molecule has 0 aliphatic carbocycles. The molecule has 0 N–H and O–H groups in total. The third-order valence-corrected chi connectivity index (χ3v) is 4.74. The monoisotopic (exact) mass is 398 g/mol. The van der Waals surface area contributed by atoms with Gasteiger partial charge in [0, 0.05) is 22.5 Å². The van der Waals surface area contributed by atoms with Crippen molar-refractivity contribution < 1.29 is 19.0 Å². The largest absolute Gasteiger partial charge is 0.497 e. The zero-order chi connectivity index (χ0) is 19.3. The van der Waals surface area contributed by atoms with Crippen LogP contribution in [0.5, 0.6) is 16.7 Å². The first-order valence-corrected chi connectivity index (χ1v) is 9.40. The van der Waals surface area contributed by atoms with Gasteiger partial charge < -0.3 is 14.2 Å². The molecule has 26 heavy (non-hydrogen) atoms. The van der Waals surface area contributed by atoms with Crippen LogP contribution in [0, 0.1) is 0 Å². The number of benzene rings is 1. The van der Waals surface area contributed by atoms with Gasteiger partial charge in [0.1, 0.15) is 11.5 Å². The second-order valence-electron chi connectivity index (χ2n) is 6.54. The first-order chi connectivity index (χ1) is 12.3. The fourth-order valence-electron chi connectivity index (χ4n) is 2.25. The fraction of sp³-hybridized carbons (Fsp3) is 0.444. The van der Waals surface area contributed by atoms with E-state index in [-0.39, 0.29) is 11.1 Å². The highest BCUT2D eigenvalue weighted by molar-refractivity contribution is 7.11. The molecule has 0 aliphatic rings. The number of alkyl halides is 1. The van der Waals surface area contributed by atoms with Crippen molar-refractivity contribution in [2.24, 2.45) is 0 Å². The Hall–Kier alpha value is -1.99. The second kappa shape index (κ2) is 8.60. The highest BCUT2D eigenvalue weighted by Crippen LogP contribution is 2.29. The molecule has 2 rings (SSSR count). The molecule has 6 nitrogen and oxygen atoms in total. The molecule has 0 saturated heterocycles. The van der Waals surface area contributed by atoms with Gasteiger partial charge in [-0.2, -0.15) is 0 Å². The maximum absolute atomic E-state index is 12.8. The van der Waals surface area contributed by atoms with Crippen molar-refractivity contribution in [3.05, 3.63) is 34.8 Å². The highest BCUT2D eigenvalue weighted by Gasteiger charge is 2.30. The van der Waals surface area contributed by atoms with Crippen LogP contribution in [0.15, 0.2) is 23.6 Å². The van der Waals surface area contributed by atoms with Crippen LogP contribution >= 0.6 is 22.9 Å². The van der Waals surface area contributed by atoms with Gasteiger partial charge in [-0.05, 0) is 32.9 Å². The number of hydrogen-bond donors (Lipinski definition) is 0. The van der Waals surface area contributed by atoms with Crippen LogP contribution in [-0.2, 0) is 12.4 Å². The molecule has 1 heterocycles. The average molecular weight is 399 g/mol. The van der Waals surface area contributed by atoms with Gasteiger partial charge in [0.2, 0.25) is 0 Å². The minimum Gasteiger partial charge on any atom is -0.497 e. The Morgan fingerprint density at radius 1 is 1.27 bits per heavy atom. The molecule has 0 atom stereocenters. The van der Waals surface area contributed by atoms with Crippen LogP contribution in [0.4, 0.5) is 4.79 Å². The summed E-state index contributed by atoms with van der Waals surface area (Å²) in [6.45, 7) is 6.14. The van der Waals surface area contributed by atoms with E-state index in [1.165, 1.54) is 11.3 Å². The Balaban J connectivity index is 2.23. The molecule has 0 spiro atoms. The molecular weight excluding hydrogens is 376 g/mol. The lowest BCUT2D eigenvalue weighted by molar-refractivity contribution is 0.101. The van der Waals surface area contributed by atoms with Crippen molar-refractivity contribution in [2.45, 2.75) is 38.7 Å². The van der Waals surface area contributed by atoms with Gasteiger partial charge in [0.05, 0.1) is 32.3 Å². The molecule has 1 aromatic heterocycles. The Morgan fingerprint density at radius 2 is 2.00 bits per heavy atom. The van der Waals surface area contributed by atoms with E-state index in [0.717, 1.165) is 5.56 Å². The number of thiazole rings is 1. The molecule has 0 radical (unpaired) electrons. The first kappa shape index (κ1) is 20.3. The summed E-state index contributed by atoms with van der Waals surface area (Å²) in [7, 11) is 3.18. The molecule has 1 amide bonds. The molecule has 142 valence electrons. The summed E-state index contributed by atoms with van der Waals surface area (Å²) in [6, 6.07) is 5.49. The van der Waals surface area contributed by atoms with Crippen LogP contribution < -0.4 is 14.2 Å². The predicted octanol–water partition coefficient (Wildman–Crippen LogP) is 4.70. The summed E-state index contributed by atoms with van der Waals surface area (Å²) in [5.74, 6) is 1.61. The van der Waals surface area contributed by atoms with Gasteiger partial charge in [-0.25, -0.2) is 9.78 Å². The number of carbonyl (C=O) groups is 1. The van der Waals surface area contributed by atoms with Crippen molar-refractivity contribution >= 4 is 29.0 Å². The molecule has 0 fully saturated rings. The topological polar surface area (TPSA) is 60.9 Å². The average Bonchev–Trinajstić information content (AvgIpc) is 3.05. The van der Waals surface area contributed by atoms with Gasteiger partial charge in [0.25, 0.3) is 5.19 Å². The normalized spacial score (nSPS) is 11.2. The van der Waals surface area contributed by atoms with E-state index in [4.69, 9.17) is 25.8 Å². The minimum absolute atomic E-state index is 0.278. The van der Waals surface area contributed by atoms with Crippen molar-refractivity contribution in [1.29, 1.82) is 0 Å². The van der Waals surface area contributed by atoms with Crippen molar-refractivity contribution in [3.63, 3.8) is 0 Å². The number of aromatic nitrogens is 1. The van der Waals surface area contributed by atoms with E-state index < -0.39 is 11.6 Å². The van der Waals surface area contributed by atoms with Gasteiger partial charge in [0.15, 0.2) is 0 Å². The summed E-state index contributed by atoms with van der Waals surface area (Å²) in [5, 5.41) is 2.05. The van der Waals surface area contributed by atoms with Crippen LogP contribution in [0.25, 0.3) is 0 Å². The second-order valence-corrected chi connectivity index (χ2v) is 7.63. The lowest BCUT2D eigenvalue weighted by Gasteiger charge is -2.34. The minimum atomic E-state index is -0.481. The smallest absolute Gasteiger partial charge is 0.417 e. The number of halogens is 1. The molecule has 1 aromatic carbocycles. The molecular formula is C18H23ClN2O4S. The van der Waals surface area contributed by atoms with E-state index in [0.29, 0.717) is 23.7 Å². The van der Waals surface area contributed by atoms with E-state index in [1.54, 1.807) is 30.6 Å². The van der Waals surface area contributed by atoms with E-state index in [1.807, 2.05) is 32.9 Å². The molecule has 8 heteroatoms. The Labute approximate surface area is 162 Å². The number of nitrogens with zero attached hydrogens (tertiary/aromatic N) is 2. The summed E-state index contributed by atoms with van der Waals surface area (Å²) in [5.41, 5.74) is 1.06. The van der Waals surface area contributed by atoms with Gasteiger partial charge in [-0.3, -0.25) is 4.90 Å². The Bertz CT molecular complexity index is 758. The summed E-state index contributed by atoms with van der Waals surface area (Å²) < 4.78 is 16.1. The number of rotatable bonds is 6. The third kappa shape index (κ3) is 5.02. The van der Waals surface area contributed by atoms with Gasteiger partial charge in [-0.1, -0.05) is 11.3 Å². The number of ether oxygens (including phenoxy) is 3. The van der Waals surface area contributed by atoms with E-state index in [9.17, 15) is 4.79 Å². The number of carbonyl (C=O) groups excluding carboxylic acids is 1. The Kier molecular flexibility index (Phi) is 6.72. The van der Waals surface area contributed by atoms with Crippen LogP contribution in [-0.4, -0.2) is 35.7 Å². The number of methoxy groups -OCH3 is 2. The number of hydrogen-bond acceptors (Lipinski definition) is 6. The lowest BCUT2D eigenvalue weighted by atomic mass is 10.0. The van der Waals surface area contributed by atoms with Gasteiger partial charge >= 0.3 is 6.09 Å². The Morgan fingerprint density at radius 3 is 2.54 bits per heavy atom. The van der Waals surface area contributed by atoms with E-state index in [2.05, 4.69) is 4.98 Å². The molecule has 0 saturated carbocycles. The zero-order valence-electron chi connectivity index (χ0n) is 15.5. The van der Waals surface area contributed by atoms with Gasteiger partial charge in [-0.15, -0.1) is 11.6 Å². The maximum atomic E-state index is 12.8. The maximum Gasteiger partial charge on any atom is 0.417 e. The summed E-state index contributed by atoms with van der Waals surface area (Å²) in [4.78, 5) is 18.6. The SMILES string of the molecule is COc1ccc(CN(C(=O)Oc2nc(CCl)cs2)C(C)(C)C)c(OC)c1. The quantitative estimate of drug-likeness (QED) is 0.660. The standard InChI is InChI=1S/C18H23ClN2O4S/c1-18(2,3)21(17(22)25-16-20-13(9-19)11-26-16)10-12-6-7-14(23-4)8-15(12)24-5/h6-8,11H,9-10H2,1-5H3. The van der Waals surface area contributed by atoms with Crippen molar-refractivity contribution in [1.82, 2.24) is 9.88 Å². The van der Waals surface area contributed by atoms with Crippen molar-refractivity contribution in [2.75, 3.05) is 14.2 Å². The van der Waals surface area contributed by atoms with Crippen LogP contribution in [0.3, 0.4) is 0 Å². The van der Waals surface area contributed by atoms with Crippen LogP contribution in [0.1, 0.15) is 32.0 Å². The summed E-state index contributed by atoms with van der Waals surface area (Å²) in [6.07, 6.45) is -0.481. The number of amides is 1. The molecule has 0 bridgehead atoms. The molecule has 0 unspecified atom stereocenters. The summed E-state index contributed by atoms with van der Waals surface area (Å²) >= 11 is 6.99. The molecule has 2 aromatic rings. The first-order valence-electron chi connectivity index (χ1n) is 7.99. The fourth-order valence-corrected chi connectivity index (χ4v) is 3.15. The predicted molar refractivity (Wildman–Crippen MR) is 103 cm³/mol.